The first-order valence-electron chi connectivity index (χ1n) is 8.88. The molecule has 1 atom stereocenters. The Bertz CT molecular complexity index is 808. The van der Waals surface area contributed by atoms with Crippen LogP contribution in [0.5, 0.6) is 5.75 Å². The number of hydrogen-bond donors (Lipinski definition) is 1. The third-order valence-corrected chi connectivity index (χ3v) is 4.82. The van der Waals surface area contributed by atoms with Crippen molar-refractivity contribution in [2.24, 2.45) is 0 Å². The average molecular weight is 337 g/mol. The number of hydrogen-bond acceptors (Lipinski definition) is 2. The first-order valence-corrected chi connectivity index (χ1v) is 8.88. The van der Waals surface area contributed by atoms with Gasteiger partial charge < -0.3 is 10.1 Å². The Kier molecular flexibility index (Phi) is 4.59. The SMILES string of the molecule is Cc1ccc(C)c(CC(=O)N[C@H]2CC(C)(C)Oc3cc(C)ccc32)c1. The highest BCUT2D eigenvalue weighted by Gasteiger charge is 2.34. The van der Waals surface area contributed by atoms with E-state index in [1.165, 1.54) is 5.56 Å². The van der Waals surface area contributed by atoms with Crippen LogP contribution in [0.25, 0.3) is 0 Å². The van der Waals surface area contributed by atoms with Gasteiger partial charge in [0, 0.05) is 12.0 Å². The van der Waals surface area contributed by atoms with Gasteiger partial charge in [0.15, 0.2) is 0 Å². The number of ether oxygens (including phenoxy) is 1. The molecule has 1 heterocycles. The second kappa shape index (κ2) is 6.55. The van der Waals surface area contributed by atoms with Crippen molar-refractivity contribution in [3.05, 3.63) is 64.2 Å². The van der Waals surface area contributed by atoms with Gasteiger partial charge in [-0.25, -0.2) is 0 Å². The van der Waals surface area contributed by atoms with E-state index in [4.69, 9.17) is 4.74 Å². The summed E-state index contributed by atoms with van der Waals surface area (Å²) in [5.41, 5.74) is 5.37. The second-order valence-corrected chi connectivity index (χ2v) is 7.83. The monoisotopic (exact) mass is 337 g/mol. The first kappa shape index (κ1) is 17.5. The molecule has 132 valence electrons. The molecule has 0 radical (unpaired) electrons. The van der Waals surface area contributed by atoms with Crippen LogP contribution < -0.4 is 10.1 Å². The summed E-state index contributed by atoms with van der Waals surface area (Å²) in [6.45, 7) is 10.3. The number of benzene rings is 2. The minimum absolute atomic E-state index is 0.0167. The van der Waals surface area contributed by atoms with Crippen LogP contribution in [-0.2, 0) is 11.2 Å². The number of aryl methyl sites for hydroxylation is 3. The fourth-order valence-corrected chi connectivity index (χ4v) is 3.50. The van der Waals surface area contributed by atoms with Gasteiger partial charge >= 0.3 is 0 Å². The van der Waals surface area contributed by atoms with Gasteiger partial charge in [-0.1, -0.05) is 35.9 Å². The highest BCUT2D eigenvalue weighted by molar-refractivity contribution is 5.79. The Balaban J connectivity index is 1.80. The molecule has 0 bridgehead atoms. The predicted octanol–water partition coefficient (Wildman–Crippen LogP) is 4.57. The molecular formula is C22H27NO2. The van der Waals surface area contributed by atoms with Gasteiger partial charge in [-0.15, -0.1) is 0 Å². The van der Waals surface area contributed by atoms with Crippen LogP contribution in [0.4, 0.5) is 0 Å². The molecule has 3 rings (SSSR count). The van der Waals surface area contributed by atoms with Crippen molar-refractivity contribution in [3.63, 3.8) is 0 Å². The molecular weight excluding hydrogens is 310 g/mol. The largest absolute Gasteiger partial charge is 0.487 e. The molecule has 0 saturated heterocycles. The zero-order valence-corrected chi connectivity index (χ0v) is 15.8. The molecule has 2 aromatic carbocycles. The van der Waals surface area contributed by atoms with Crippen molar-refractivity contribution in [1.82, 2.24) is 5.32 Å². The molecule has 0 aromatic heterocycles. The quantitative estimate of drug-likeness (QED) is 0.891. The number of carbonyl (C=O) groups is 1. The lowest BCUT2D eigenvalue weighted by molar-refractivity contribution is -0.121. The van der Waals surface area contributed by atoms with E-state index in [1.807, 2.05) is 0 Å². The van der Waals surface area contributed by atoms with Crippen LogP contribution in [0, 0.1) is 20.8 Å². The molecule has 0 saturated carbocycles. The van der Waals surface area contributed by atoms with Crippen LogP contribution in [0.15, 0.2) is 36.4 Å². The Labute approximate surface area is 150 Å². The topological polar surface area (TPSA) is 38.3 Å². The molecule has 0 unspecified atom stereocenters. The van der Waals surface area contributed by atoms with E-state index in [1.54, 1.807) is 0 Å². The van der Waals surface area contributed by atoms with Crippen LogP contribution in [0.2, 0.25) is 0 Å². The lowest BCUT2D eigenvalue weighted by Gasteiger charge is -2.38. The molecule has 3 heteroatoms. The van der Waals surface area contributed by atoms with Gasteiger partial charge in [0.25, 0.3) is 0 Å². The zero-order valence-electron chi connectivity index (χ0n) is 15.8. The number of nitrogens with one attached hydrogen (secondary N) is 1. The maximum Gasteiger partial charge on any atom is 0.224 e. The highest BCUT2D eigenvalue weighted by Crippen LogP contribution is 2.39. The predicted molar refractivity (Wildman–Crippen MR) is 101 cm³/mol. The third kappa shape index (κ3) is 4.04. The standard InChI is InChI=1S/C22H27NO2/c1-14-6-8-16(3)17(10-14)12-21(24)23-19-13-22(4,5)25-20-11-15(2)7-9-18(19)20/h6-11,19H,12-13H2,1-5H3,(H,23,24)/t19-/m0/s1. The molecule has 0 aliphatic carbocycles. The summed E-state index contributed by atoms with van der Waals surface area (Å²) in [6.07, 6.45) is 1.17. The van der Waals surface area contributed by atoms with Gasteiger partial charge in [-0.3, -0.25) is 4.79 Å². The number of fused-ring (bicyclic) bond motifs is 1. The minimum Gasteiger partial charge on any atom is -0.487 e. The van der Waals surface area contributed by atoms with Crippen LogP contribution in [0.1, 0.15) is 54.1 Å². The summed E-state index contributed by atoms with van der Waals surface area (Å²) >= 11 is 0. The summed E-state index contributed by atoms with van der Waals surface area (Å²) < 4.78 is 6.11. The van der Waals surface area contributed by atoms with Crippen molar-refractivity contribution in [2.45, 2.75) is 59.1 Å². The smallest absolute Gasteiger partial charge is 0.224 e. The lowest BCUT2D eigenvalue weighted by Crippen LogP contribution is -2.41. The first-order chi connectivity index (χ1) is 11.7. The van der Waals surface area contributed by atoms with E-state index >= 15 is 0 Å². The van der Waals surface area contributed by atoms with Crippen molar-refractivity contribution >= 4 is 5.91 Å². The van der Waals surface area contributed by atoms with Gasteiger partial charge in [0.05, 0.1) is 12.5 Å². The van der Waals surface area contributed by atoms with Crippen LogP contribution in [0.3, 0.4) is 0 Å². The van der Waals surface area contributed by atoms with E-state index in [0.29, 0.717) is 6.42 Å². The lowest BCUT2D eigenvalue weighted by atomic mass is 9.89. The highest BCUT2D eigenvalue weighted by atomic mass is 16.5. The molecule has 1 aliphatic heterocycles. The second-order valence-electron chi connectivity index (χ2n) is 7.83. The van der Waals surface area contributed by atoms with Gasteiger partial charge in [-0.05, 0) is 57.4 Å². The number of carbonyl (C=O) groups excluding carboxylic acids is 1. The fraction of sp³-hybridized carbons (Fsp3) is 0.409. The molecule has 0 fully saturated rings. The molecule has 3 nitrogen and oxygen atoms in total. The van der Waals surface area contributed by atoms with E-state index in [2.05, 4.69) is 76.3 Å². The molecule has 1 N–H and O–H groups in total. The van der Waals surface area contributed by atoms with Crippen molar-refractivity contribution in [3.8, 4) is 5.75 Å². The number of rotatable bonds is 3. The molecule has 25 heavy (non-hydrogen) atoms. The van der Waals surface area contributed by atoms with Crippen LogP contribution in [-0.4, -0.2) is 11.5 Å². The van der Waals surface area contributed by atoms with Crippen molar-refractivity contribution < 1.29 is 9.53 Å². The summed E-state index contributed by atoms with van der Waals surface area (Å²) in [5.74, 6) is 0.941. The summed E-state index contributed by atoms with van der Waals surface area (Å²) in [6, 6.07) is 12.4. The Morgan fingerprint density at radius 3 is 2.56 bits per heavy atom. The molecule has 1 aliphatic rings. The Morgan fingerprint density at radius 2 is 1.80 bits per heavy atom. The van der Waals surface area contributed by atoms with Crippen molar-refractivity contribution in [2.75, 3.05) is 0 Å². The van der Waals surface area contributed by atoms with Gasteiger partial charge in [0.2, 0.25) is 5.91 Å². The molecule has 2 aromatic rings. The fourth-order valence-electron chi connectivity index (χ4n) is 3.50. The summed E-state index contributed by atoms with van der Waals surface area (Å²) in [7, 11) is 0. The van der Waals surface area contributed by atoms with E-state index in [0.717, 1.165) is 34.4 Å². The molecule has 0 spiro atoms. The van der Waals surface area contributed by atoms with Gasteiger partial charge in [0.1, 0.15) is 11.4 Å². The maximum absolute atomic E-state index is 12.7. The summed E-state index contributed by atoms with van der Waals surface area (Å²) in [5, 5.41) is 3.23. The van der Waals surface area contributed by atoms with E-state index < -0.39 is 0 Å². The normalized spacial score (nSPS) is 18.2. The average Bonchev–Trinajstić information content (AvgIpc) is 2.49. The summed E-state index contributed by atoms with van der Waals surface area (Å²) in [4.78, 5) is 12.7. The van der Waals surface area contributed by atoms with E-state index in [-0.39, 0.29) is 17.6 Å². The van der Waals surface area contributed by atoms with Gasteiger partial charge in [-0.2, -0.15) is 0 Å². The van der Waals surface area contributed by atoms with Crippen molar-refractivity contribution in [1.29, 1.82) is 0 Å². The molecule has 1 amide bonds. The Hall–Kier alpha value is -2.29. The minimum atomic E-state index is -0.294. The number of amides is 1. The Morgan fingerprint density at radius 1 is 1.12 bits per heavy atom. The van der Waals surface area contributed by atoms with Crippen LogP contribution >= 0.6 is 0 Å². The van der Waals surface area contributed by atoms with E-state index in [9.17, 15) is 4.79 Å². The third-order valence-electron chi connectivity index (χ3n) is 4.82. The zero-order chi connectivity index (χ0) is 18.2. The maximum atomic E-state index is 12.7.